The number of rotatable bonds is 2. The van der Waals surface area contributed by atoms with E-state index in [9.17, 15) is 13.2 Å². The number of likely N-dealkylation sites (N-methyl/N-ethyl adjacent to an activating group) is 1. The van der Waals surface area contributed by atoms with Crippen molar-refractivity contribution in [3.05, 3.63) is 29.3 Å². The lowest BCUT2D eigenvalue weighted by Crippen LogP contribution is -2.20. The minimum absolute atomic E-state index is 0.0334. The number of carbonyl (C=O) groups excluding carboxylic acids is 1. The van der Waals surface area contributed by atoms with Crippen LogP contribution >= 0.6 is 15.9 Å². The Morgan fingerprint density at radius 3 is 2.80 bits per heavy atom. The van der Waals surface area contributed by atoms with Crippen molar-refractivity contribution in [1.29, 1.82) is 0 Å². The van der Waals surface area contributed by atoms with Crippen molar-refractivity contribution < 1.29 is 13.2 Å². The van der Waals surface area contributed by atoms with Gasteiger partial charge in [0.2, 0.25) is 5.91 Å². The number of alkyl halides is 1. The summed E-state index contributed by atoms with van der Waals surface area (Å²) in [5.74, 6) is 0.754. The standard InChI is InChI=1S/C14H16BrNO3S/c1-16-12-3-2-9(6-11(12)7-13(16)17)14(15)10-4-5-20(18,19)8-10/h2-3,6,10,14H,4-5,7-8H2,1H3. The average Bonchev–Trinajstić information content (AvgIpc) is 2.89. The second-order valence-corrected chi connectivity index (χ2v) is 8.80. The monoisotopic (exact) mass is 357 g/mol. The van der Waals surface area contributed by atoms with E-state index in [0.29, 0.717) is 12.8 Å². The van der Waals surface area contributed by atoms with E-state index in [4.69, 9.17) is 0 Å². The van der Waals surface area contributed by atoms with Crippen molar-refractivity contribution in [2.24, 2.45) is 5.92 Å². The molecule has 0 spiro atoms. The van der Waals surface area contributed by atoms with Gasteiger partial charge < -0.3 is 4.90 Å². The van der Waals surface area contributed by atoms with E-state index in [0.717, 1.165) is 16.8 Å². The van der Waals surface area contributed by atoms with Crippen LogP contribution in [0.5, 0.6) is 0 Å². The molecule has 1 aromatic rings. The van der Waals surface area contributed by atoms with Gasteiger partial charge >= 0.3 is 0 Å². The molecule has 1 aromatic carbocycles. The minimum Gasteiger partial charge on any atom is -0.315 e. The molecule has 1 amide bonds. The summed E-state index contributed by atoms with van der Waals surface area (Å²) in [5, 5.41) is 0. The summed E-state index contributed by atoms with van der Waals surface area (Å²) < 4.78 is 23.2. The van der Waals surface area contributed by atoms with Gasteiger partial charge in [-0.3, -0.25) is 4.79 Å². The molecule has 108 valence electrons. The molecule has 6 heteroatoms. The van der Waals surface area contributed by atoms with Gasteiger partial charge in [-0.05, 0) is 29.5 Å². The smallest absolute Gasteiger partial charge is 0.231 e. The van der Waals surface area contributed by atoms with E-state index in [1.54, 1.807) is 11.9 Å². The van der Waals surface area contributed by atoms with Crippen LogP contribution in [0.15, 0.2) is 18.2 Å². The summed E-state index contributed by atoms with van der Waals surface area (Å²) in [6.07, 6.45) is 1.14. The predicted molar refractivity (Wildman–Crippen MR) is 82.0 cm³/mol. The Labute approximate surface area is 127 Å². The lowest BCUT2D eigenvalue weighted by molar-refractivity contribution is -0.117. The zero-order valence-corrected chi connectivity index (χ0v) is 13.6. The molecule has 2 aliphatic heterocycles. The Morgan fingerprint density at radius 1 is 1.40 bits per heavy atom. The average molecular weight is 358 g/mol. The fourth-order valence-corrected chi connectivity index (χ4v) is 5.81. The summed E-state index contributed by atoms with van der Waals surface area (Å²) in [5.41, 5.74) is 3.05. The van der Waals surface area contributed by atoms with Gasteiger partial charge in [0.15, 0.2) is 9.84 Å². The number of carbonyl (C=O) groups is 1. The molecule has 1 fully saturated rings. The van der Waals surface area contributed by atoms with Crippen LogP contribution in [0.2, 0.25) is 0 Å². The van der Waals surface area contributed by atoms with Gasteiger partial charge in [-0.2, -0.15) is 0 Å². The molecule has 3 rings (SSSR count). The van der Waals surface area contributed by atoms with Crippen molar-refractivity contribution in [3.63, 3.8) is 0 Å². The first kappa shape index (κ1) is 14.1. The summed E-state index contributed by atoms with van der Waals surface area (Å²) in [7, 11) is -1.09. The van der Waals surface area contributed by atoms with Gasteiger partial charge in [0.05, 0.1) is 17.9 Å². The van der Waals surface area contributed by atoms with Crippen LogP contribution in [0.4, 0.5) is 5.69 Å². The van der Waals surface area contributed by atoms with Crippen LogP contribution in [0.1, 0.15) is 22.4 Å². The Bertz CT molecular complexity index is 671. The summed E-state index contributed by atoms with van der Waals surface area (Å²) >= 11 is 3.64. The first-order valence-electron chi connectivity index (χ1n) is 6.61. The van der Waals surface area contributed by atoms with Crippen LogP contribution in [0.25, 0.3) is 0 Å². The van der Waals surface area contributed by atoms with Gasteiger partial charge in [-0.1, -0.05) is 28.1 Å². The summed E-state index contributed by atoms with van der Waals surface area (Å²) in [4.78, 5) is 13.4. The maximum absolute atomic E-state index is 11.7. The molecule has 2 heterocycles. The lowest BCUT2D eigenvalue weighted by atomic mass is 9.97. The van der Waals surface area contributed by atoms with Crippen molar-refractivity contribution in [3.8, 4) is 0 Å². The second-order valence-electron chi connectivity index (χ2n) is 5.58. The van der Waals surface area contributed by atoms with Gasteiger partial charge in [0.1, 0.15) is 0 Å². The largest absolute Gasteiger partial charge is 0.315 e. The molecule has 0 saturated carbocycles. The molecule has 0 bridgehead atoms. The number of benzene rings is 1. The normalized spacial score (nSPS) is 25.8. The van der Waals surface area contributed by atoms with Crippen LogP contribution in [-0.2, 0) is 21.1 Å². The lowest BCUT2D eigenvalue weighted by Gasteiger charge is -2.18. The molecular formula is C14H16BrNO3S. The van der Waals surface area contributed by atoms with Crippen LogP contribution in [0.3, 0.4) is 0 Å². The Balaban J connectivity index is 1.86. The third-order valence-corrected chi connectivity index (χ3v) is 7.25. The Hall–Kier alpha value is -0.880. The number of fused-ring (bicyclic) bond motifs is 1. The van der Waals surface area contributed by atoms with Crippen LogP contribution < -0.4 is 4.90 Å². The number of hydrogen-bond acceptors (Lipinski definition) is 3. The van der Waals surface area contributed by atoms with Crippen LogP contribution in [0, 0.1) is 5.92 Å². The fraction of sp³-hybridized carbons (Fsp3) is 0.500. The highest BCUT2D eigenvalue weighted by atomic mass is 79.9. The van der Waals surface area contributed by atoms with E-state index in [1.807, 2.05) is 18.2 Å². The van der Waals surface area contributed by atoms with Crippen LogP contribution in [-0.4, -0.2) is 32.9 Å². The summed E-state index contributed by atoms with van der Waals surface area (Å²) in [6, 6.07) is 5.96. The molecule has 0 N–H and O–H groups in total. The Kier molecular flexibility index (Phi) is 3.41. The van der Waals surface area contributed by atoms with E-state index in [-0.39, 0.29) is 28.2 Å². The topological polar surface area (TPSA) is 54.5 Å². The first-order valence-corrected chi connectivity index (χ1v) is 9.35. The maximum Gasteiger partial charge on any atom is 0.231 e. The fourth-order valence-electron chi connectivity index (χ4n) is 2.99. The zero-order valence-electron chi connectivity index (χ0n) is 11.2. The van der Waals surface area contributed by atoms with Crippen molar-refractivity contribution >= 4 is 37.4 Å². The highest BCUT2D eigenvalue weighted by molar-refractivity contribution is 9.09. The molecule has 4 nitrogen and oxygen atoms in total. The third-order valence-electron chi connectivity index (χ3n) is 4.18. The second kappa shape index (κ2) is 4.84. The number of anilines is 1. The molecule has 1 saturated heterocycles. The molecule has 0 aromatic heterocycles. The minimum atomic E-state index is -2.87. The van der Waals surface area contributed by atoms with Crippen molar-refractivity contribution in [2.75, 3.05) is 23.5 Å². The highest BCUT2D eigenvalue weighted by Gasteiger charge is 2.34. The van der Waals surface area contributed by atoms with E-state index in [1.165, 1.54) is 0 Å². The SMILES string of the molecule is CN1C(=O)Cc2cc(C(Br)C3CCS(=O)(=O)C3)ccc21. The molecule has 0 radical (unpaired) electrons. The number of sulfone groups is 1. The number of amides is 1. The molecule has 2 unspecified atom stereocenters. The number of hydrogen-bond donors (Lipinski definition) is 0. The molecule has 2 atom stereocenters. The molecule has 0 aliphatic carbocycles. The number of halogens is 1. The van der Waals surface area contributed by atoms with E-state index < -0.39 is 9.84 Å². The van der Waals surface area contributed by atoms with Gasteiger partial charge in [0, 0.05) is 17.6 Å². The number of nitrogens with zero attached hydrogens (tertiary/aromatic N) is 1. The zero-order chi connectivity index (χ0) is 14.5. The maximum atomic E-state index is 11.7. The van der Waals surface area contributed by atoms with E-state index in [2.05, 4.69) is 15.9 Å². The Morgan fingerprint density at radius 2 is 2.15 bits per heavy atom. The third kappa shape index (κ3) is 2.39. The molecule has 2 aliphatic rings. The van der Waals surface area contributed by atoms with Gasteiger partial charge in [-0.15, -0.1) is 0 Å². The molecular weight excluding hydrogens is 342 g/mol. The molecule has 20 heavy (non-hydrogen) atoms. The van der Waals surface area contributed by atoms with E-state index >= 15 is 0 Å². The predicted octanol–water partition coefficient (Wildman–Crippen LogP) is 2.08. The summed E-state index contributed by atoms with van der Waals surface area (Å²) in [6.45, 7) is 0. The van der Waals surface area contributed by atoms with Crippen molar-refractivity contribution in [1.82, 2.24) is 0 Å². The first-order chi connectivity index (χ1) is 9.37. The quantitative estimate of drug-likeness (QED) is 0.761. The van der Waals surface area contributed by atoms with Gasteiger partial charge in [0.25, 0.3) is 0 Å². The van der Waals surface area contributed by atoms with Gasteiger partial charge in [-0.25, -0.2) is 8.42 Å². The highest BCUT2D eigenvalue weighted by Crippen LogP contribution is 2.40. The van der Waals surface area contributed by atoms with Crippen molar-refractivity contribution in [2.45, 2.75) is 17.7 Å².